The number of carbonyl (C=O) groups is 2. The third-order valence-corrected chi connectivity index (χ3v) is 4.32. The summed E-state index contributed by atoms with van der Waals surface area (Å²) in [5.41, 5.74) is 0.603. The third kappa shape index (κ3) is 6.52. The number of hydrogen-bond acceptors (Lipinski definition) is 7. The van der Waals surface area contributed by atoms with Gasteiger partial charge >= 0.3 is 5.97 Å². The van der Waals surface area contributed by atoms with E-state index in [1.54, 1.807) is 6.07 Å². The lowest BCUT2D eigenvalue weighted by molar-refractivity contribution is -0.135. The minimum absolute atomic E-state index is 0.162. The van der Waals surface area contributed by atoms with E-state index in [-0.39, 0.29) is 15.8 Å². The van der Waals surface area contributed by atoms with Crippen LogP contribution >= 0.6 is 11.8 Å². The highest BCUT2D eigenvalue weighted by Crippen LogP contribution is 2.23. The molecule has 9 heteroatoms. The number of methoxy groups -OCH3 is 1. The SMILES string of the molecule is CCCCCOc1cc(C=N/N=C2/NC(=O)/C(=C\C(=O)OC)S2)ccc1F. The summed E-state index contributed by atoms with van der Waals surface area (Å²) < 4.78 is 23.7. The molecular formula is C18H20FN3O4S. The van der Waals surface area contributed by atoms with Crippen molar-refractivity contribution in [1.82, 2.24) is 5.32 Å². The number of ether oxygens (including phenoxy) is 2. The van der Waals surface area contributed by atoms with Gasteiger partial charge in [-0.3, -0.25) is 10.1 Å². The van der Waals surface area contributed by atoms with Crippen LogP contribution in [0.2, 0.25) is 0 Å². The molecule has 2 rings (SSSR count). The molecule has 1 heterocycles. The average molecular weight is 393 g/mol. The maximum atomic E-state index is 13.8. The van der Waals surface area contributed by atoms with Crippen molar-refractivity contribution >= 4 is 35.0 Å². The van der Waals surface area contributed by atoms with Crippen LogP contribution in [0.3, 0.4) is 0 Å². The van der Waals surface area contributed by atoms with Gasteiger partial charge in [0.1, 0.15) is 0 Å². The van der Waals surface area contributed by atoms with Crippen LogP contribution in [-0.2, 0) is 14.3 Å². The Morgan fingerprint density at radius 3 is 2.93 bits per heavy atom. The minimum Gasteiger partial charge on any atom is -0.490 e. The lowest BCUT2D eigenvalue weighted by Crippen LogP contribution is -2.19. The van der Waals surface area contributed by atoms with Crippen LogP contribution < -0.4 is 10.1 Å². The van der Waals surface area contributed by atoms with E-state index in [1.165, 1.54) is 25.5 Å². The number of carbonyl (C=O) groups excluding carboxylic acids is 2. The zero-order valence-electron chi connectivity index (χ0n) is 15.0. The van der Waals surface area contributed by atoms with Gasteiger partial charge in [-0.25, -0.2) is 9.18 Å². The van der Waals surface area contributed by atoms with Crippen LogP contribution in [0.25, 0.3) is 0 Å². The highest BCUT2D eigenvalue weighted by Gasteiger charge is 2.24. The minimum atomic E-state index is -0.629. The Hall–Kier alpha value is -2.68. The van der Waals surface area contributed by atoms with E-state index in [9.17, 15) is 14.0 Å². The smallest absolute Gasteiger partial charge is 0.331 e. The number of halogens is 1. The molecule has 1 fully saturated rings. The highest BCUT2D eigenvalue weighted by atomic mass is 32.2. The van der Waals surface area contributed by atoms with E-state index in [1.807, 2.05) is 0 Å². The molecule has 1 amide bonds. The van der Waals surface area contributed by atoms with E-state index in [0.717, 1.165) is 37.1 Å². The van der Waals surface area contributed by atoms with E-state index in [0.29, 0.717) is 12.2 Å². The van der Waals surface area contributed by atoms with Crippen molar-refractivity contribution in [3.63, 3.8) is 0 Å². The number of unbranched alkanes of at least 4 members (excludes halogenated alkanes) is 2. The van der Waals surface area contributed by atoms with Crippen LogP contribution in [-0.4, -0.2) is 37.0 Å². The van der Waals surface area contributed by atoms with Crippen molar-refractivity contribution in [2.24, 2.45) is 10.2 Å². The number of benzene rings is 1. The van der Waals surface area contributed by atoms with Crippen LogP contribution in [0.15, 0.2) is 39.4 Å². The second-order valence-electron chi connectivity index (χ2n) is 5.48. The van der Waals surface area contributed by atoms with Crippen molar-refractivity contribution in [1.29, 1.82) is 0 Å². The number of amides is 1. The van der Waals surface area contributed by atoms with E-state index < -0.39 is 17.7 Å². The third-order valence-electron chi connectivity index (χ3n) is 3.42. The fraction of sp³-hybridized carbons (Fsp3) is 0.333. The van der Waals surface area contributed by atoms with Crippen molar-refractivity contribution in [3.05, 3.63) is 40.6 Å². The summed E-state index contributed by atoms with van der Waals surface area (Å²) in [4.78, 5) is 23.1. The Balaban J connectivity index is 1.99. The Kier molecular flexibility index (Phi) is 8.00. The zero-order chi connectivity index (χ0) is 19.6. The first kappa shape index (κ1) is 20.6. The predicted octanol–water partition coefficient (Wildman–Crippen LogP) is 3.00. The summed E-state index contributed by atoms with van der Waals surface area (Å²) >= 11 is 0.970. The molecule has 1 aromatic carbocycles. The molecule has 0 atom stereocenters. The summed E-state index contributed by atoms with van der Waals surface area (Å²) in [6.07, 6.45) is 5.44. The monoisotopic (exact) mass is 393 g/mol. The van der Waals surface area contributed by atoms with Crippen molar-refractivity contribution < 1.29 is 23.5 Å². The topological polar surface area (TPSA) is 89.4 Å². The number of nitrogens with zero attached hydrogens (tertiary/aromatic N) is 2. The predicted molar refractivity (Wildman–Crippen MR) is 102 cm³/mol. The molecule has 144 valence electrons. The Morgan fingerprint density at radius 2 is 2.19 bits per heavy atom. The summed E-state index contributed by atoms with van der Waals surface area (Å²) in [7, 11) is 1.22. The molecule has 1 N–H and O–H groups in total. The lowest BCUT2D eigenvalue weighted by atomic mass is 10.2. The fourth-order valence-corrected chi connectivity index (χ4v) is 2.77. The summed E-state index contributed by atoms with van der Waals surface area (Å²) in [5, 5.41) is 10.5. The molecule has 0 aromatic heterocycles. The van der Waals surface area contributed by atoms with Crippen molar-refractivity contribution in [3.8, 4) is 5.75 Å². The summed E-state index contributed by atoms with van der Waals surface area (Å²) in [6, 6.07) is 4.38. The van der Waals surface area contributed by atoms with E-state index in [4.69, 9.17) is 4.74 Å². The number of esters is 1. The largest absolute Gasteiger partial charge is 0.490 e. The summed E-state index contributed by atoms with van der Waals surface area (Å²) in [5.74, 6) is -1.36. The molecule has 0 unspecified atom stereocenters. The van der Waals surface area contributed by atoms with Gasteiger partial charge in [0.15, 0.2) is 16.7 Å². The van der Waals surface area contributed by atoms with Crippen molar-refractivity contribution in [2.75, 3.05) is 13.7 Å². The molecule has 7 nitrogen and oxygen atoms in total. The van der Waals surface area contributed by atoms with Crippen LogP contribution in [0, 0.1) is 5.82 Å². The molecular weight excluding hydrogens is 373 g/mol. The maximum absolute atomic E-state index is 13.8. The maximum Gasteiger partial charge on any atom is 0.331 e. The number of thioether (sulfide) groups is 1. The highest BCUT2D eigenvalue weighted by molar-refractivity contribution is 8.18. The molecule has 0 aliphatic carbocycles. The summed E-state index contributed by atoms with van der Waals surface area (Å²) in [6.45, 7) is 2.53. The van der Waals surface area contributed by atoms with Gasteiger partial charge in [-0.1, -0.05) is 25.8 Å². The first-order chi connectivity index (χ1) is 13.0. The Labute approximate surface area is 160 Å². The van der Waals surface area contributed by atoms with E-state index in [2.05, 4.69) is 27.2 Å². The second kappa shape index (κ2) is 10.5. The molecule has 0 radical (unpaired) electrons. The van der Waals surface area contributed by atoms with Crippen LogP contribution in [0.1, 0.15) is 31.7 Å². The number of amidine groups is 1. The van der Waals surface area contributed by atoms with Gasteiger partial charge in [0.05, 0.1) is 24.8 Å². The van der Waals surface area contributed by atoms with Crippen molar-refractivity contribution in [2.45, 2.75) is 26.2 Å². The molecule has 0 bridgehead atoms. The molecule has 27 heavy (non-hydrogen) atoms. The molecule has 0 spiro atoms. The van der Waals surface area contributed by atoms with Crippen LogP contribution in [0.5, 0.6) is 5.75 Å². The van der Waals surface area contributed by atoms with Gasteiger partial charge in [0.2, 0.25) is 0 Å². The molecule has 1 aliphatic rings. The lowest BCUT2D eigenvalue weighted by Gasteiger charge is -2.07. The number of hydrogen-bond donors (Lipinski definition) is 1. The average Bonchev–Trinajstić information content (AvgIpc) is 3.00. The first-order valence-electron chi connectivity index (χ1n) is 8.35. The fourth-order valence-electron chi connectivity index (χ4n) is 2.03. The second-order valence-corrected chi connectivity index (χ2v) is 6.51. The molecule has 1 saturated heterocycles. The standard InChI is InChI=1S/C18H20FN3O4S/c1-3-4-5-8-26-14-9-12(6-7-13(14)19)11-20-22-18-21-17(24)15(27-18)10-16(23)25-2/h6-7,9-11H,3-5,8H2,1-2H3,(H,21,22,24)/b15-10+,20-11?. The molecule has 1 aromatic rings. The quantitative estimate of drug-likeness (QED) is 0.241. The van der Waals surface area contributed by atoms with E-state index >= 15 is 0 Å². The molecule has 1 aliphatic heterocycles. The number of rotatable bonds is 8. The van der Waals surface area contributed by atoms with Crippen LogP contribution in [0.4, 0.5) is 4.39 Å². The Bertz CT molecular complexity index is 793. The number of nitrogens with one attached hydrogen (secondary N) is 1. The first-order valence-corrected chi connectivity index (χ1v) is 9.17. The van der Waals surface area contributed by atoms with Gasteiger partial charge in [-0.2, -0.15) is 5.10 Å². The van der Waals surface area contributed by atoms with Gasteiger partial charge in [0.25, 0.3) is 5.91 Å². The normalized spacial score (nSPS) is 16.9. The zero-order valence-corrected chi connectivity index (χ0v) is 15.8. The molecule has 0 saturated carbocycles. The van der Waals surface area contributed by atoms with Gasteiger partial charge < -0.3 is 9.47 Å². The Morgan fingerprint density at radius 1 is 1.37 bits per heavy atom. The van der Waals surface area contributed by atoms with Gasteiger partial charge in [-0.15, -0.1) is 5.10 Å². The van der Waals surface area contributed by atoms with Gasteiger partial charge in [-0.05, 0) is 35.9 Å². The van der Waals surface area contributed by atoms with Gasteiger partial charge in [0, 0.05) is 6.08 Å².